The normalized spacial score (nSPS) is 14.3. The van der Waals surface area contributed by atoms with E-state index in [1.54, 1.807) is 23.1 Å². The lowest BCUT2D eigenvalue weighted by atomic mass is 10.1. The summed E-state index contributed by atoms with van der Waals surface area (Å²) in [5.41, 5.74) is 3.37. The predicted octanol–water partition coefficient (Wildman–Crippen LogP) is 4.23. The minimum absolute atomic E-state index is 0.108. The maximum absolute atomic E-state index is 13.0. The van der Waals surface area contributed by atoms with Gasteiger partial charge in [-0.2, -0.15) is 0 Å². The molecule has 0 aromatic heterocycles. The van der Waals surface area contributed by atoms with Crippen LogP contribution in [0.25, 0.3) is 0 Å². The Morgan fingerprint density at radius 1 is 0.889 bits per heavy atom. The van der Waals surface area contributed by atoms with Crippen molar-refractivity contribution in [3.05, 3.63) is 95.6 Å². The van der Waals surface area contributed by atoms with Gasteiger partial charge in [0.1, 0.15) is 0 Å². The highest BCUT2D eigenvalue weighted by Gasteiger charge is 2.35. The fourth-order valence-corrected chi connectivity index (χ4v) is 3.06. The van der Waals surface area contributed by atoms with Gasteiger partial charge in [0.05, 0.1) is 11.3 Å². The second-order valence-corrected chi connectivity index (χ2v) is 6.13. The zero-order valence-corrected chi connectivity index (χ0v) is 14.6. The van der Waals surface area contributed by atoms with Crippen LogP contribution >= 0.6 is 0 Å². The van der Waals surface area contributed by atoms with Crippen LogP contribution in [0, 0.1) is 6.92 Å². The lowest BCUT2D eigenvalue weighted by molar-refractivity contribution is -0.111. The molecule has 3 aromatic rings. The monoisotopic (exact) mass is 356 g/mol. The van der Waals surface area contributed by atoms with Gasteiger partial charge in [0.25, 0.3) is 5.91 Å². The number of oxime groups is 1. The molecule has 0 atom stereocenters. The molecule has 0 saturated carbocycles. The SMILES string of the molecule is Cc1ccccc1C(=O)O/N=C1\C(=O)N(c2ccccc2)c2ccccc21. The molecule has 1 heterocycles. The zero-order chi connectivity index (χ0) is 18.8. The van der Waals surface area contributed by atoms with Crippen molar-refractivity contribution in [3.8, 4) is 0 Å². The van der Waals surface area contributed by atoms with Crippen LogP contribution in [0.15, 0.2) is 84.0 Å². The first-order valence-electron chi connectivity index (χ1n) is 8.50. The van der Waals surface area contributed by atoms with Crippen LogP contribution in [0.3, 0.4) is 0 Å². The first kappa shape index (κ1) is 16.7. The predicted molar refractivity (Wildman–Crippen MR) is 103 cm³/mol. The maximum Gasteiger partial charge on any atom is 0.366 e. The molecule has 0 aliphatic carbocycles. The van der Waals surface area contributed by atoms with E-state index in [1.807, 2.05) is 67.6 Å². The molecule has 4 rings (SSSR count). The van der Waals surface area contributed by atoms with Gasteiger partial charge in [-0.05, 0) is 36.8 Å². The summed E-state index contributed by atoms with van der Waals surface area (Å²) in [6.07, 6.45) is 0. The van der Waals surface area contributed by atoms with Crippen LogP contribution in [0.5, 0.6) is 0 Å². The first-order chi connectivity index (χ1) is 13.2. The van der Waals surface area contributed by atoms with Crippen molar-refractivity contribution >= 4 is 29.0 Å². The summed E-state index contributed by atoms with van der Waals surface area (Å²) < 4.78 is 0. The summed E-state index contributed by atoms with van der Waals surface area (Å²) in [5, 5.41) is 3.91. The largest absolute Gasteiger partial charge is 0.366 e. The van der Waals surface area contributed by atoms with Crippen LogP contribution < -0.4 is 4.90 Å². The van der Waals surface area contributed by atoms with Crippen molar-refractivity contribution in [1.82, 2.24) is 0 Å². The number of rotatable bonds is 3. The third-order valence-corrected chi connectivity index (χ3v) is 4.40. The molecule has 0 spiro atoms. The molecule has 0 saturated heterocycles. The Bertz CT molecular complexity index is 1060. The van der Waals surface area contributed by atoms with E-state index in [0.717, 1.165) is 11.3 Å². The molecule has 0 radical (unpaired) electrons. The number of para-hydroxylation sites is 2. The third kappa shape index (κ3) is 3.00. The van der Waals surface area contributed by atoms with Crippen LogP contribution in [0.2, 0.25) is 0 Å². The second kappa shape index (κ2) is 6.88. The molecule has 3 aromatic carbocycles. The molecule has 5 heteroatoms. The number of anilines is 2. The van der Waals surface area contributed by atoms with Gasteiger partial charge >= 0.3 is 5.97 Å². The molecule has 132 valence electrons. The van der Waals surface area contributed by atoms with Crippen molar-refractivity contribution in [2.45, 2.75) is 6.92 Å². The number of amides is 1. The molecule has 0 N–H and O–H groups in total. The number of carbonyl (C=O) groups excluding carboxylic acids is 2. The smallest absolute Gasteiger partial charge is 0.312 e. The summed E-state index contributed by atoms with van der Waals surface area (Å²) in [6.45, 7) is 1.82. The minimum atomic E-state index is -0.593. The van der Waals surface area contributed by atoms with Gasteiger partial charge in [0.15, 0.2) is 5.71 Å². The van der Waals surface area contributed by atoms with Gasteiger partial charge < -0.3 is 4.84 Å². The number of aryl methyl sites for hydroxylation is 1. The Kier molecular flexibility index (Phi) is 4.26. The molecule has 0 fully saturated rings. The van der Waals surface area contributed by atoms with E-state index in [9.17, 15) is 9.59 Å². The van der Waals surface area contributed by atoms with Crippen LogP contribution in [0.4, 0.5) is 11.4 Å². The quantitative estimate of drug-likeness (QED) is 0.521. The molecular formula is C22H16N2O3. The highest BCUT2D eigenvalue weighted by atomic mass is 16.7. The zero-order valence-electron chi connectivity index (χ0n) is 14.6. The first-order valence-corrected chi connectivity index (χ1v) is 8.50. The summed E-state index contributed by atoms with van der Waals surface area (Å²) in [6, 6.07) is 23.7. The van der Waals surface area contributed by atoms with Gasteiger partial charge in [-0.25, -0.2) is 4.79 Å². The number of hydrogen-bond acceptors (Lipinski definition) is 4. The average Bonchev–Trinajstić information content (AvgIpc) is 2.98. The van der Waals surface area contributed by atoms with Gasteiger partial charge in [-0.3, -0.25) is 9.69 Å². The van der Waals surface area contributed by atoms with E-state index in [1.165, 1.54) is 0 Å². The number of carbonyl (C=O) groups is 2. The second-order valence-electron chi connectivity index (χ2n) is 6.13. The summed E-state index contributed by atoms with van der Waals surface area (Å²) in [7, 11) is 0. The molecule has 1 amide bonds. The molecule has 1 aliphatic heterocycles. The molecule has 1 aliphatic rings. The maximum atomic E-state index is 13.0. The van der Waals surface area contributed by atoms with Gasteiger partial charge in [-0.1, -0.05) is 59.8 Å². The van der Waals surface area contributed by atoms with Crippen molar-refractivity contribution in [2.75, 3.05) is 4.90 Å². The number of fused-ring (bicyclic) bond motifs is 1. The van der Waals surface area contributed by atoms with E-state index in [-0.39, 0.29) is 11.6 Å². The highest BCUT2D eigenvalue weighted by molar-refractivity contribution is 6.55. The third-order valence-electron chi connectivity index (χ3n) is 4.40. The van der Waals surface area contributed by atoms with E-state index in [4.69, 9.17) is 4.84 Å². The molecule has 27 heavy (non-hydrogen) atoms. The van der Waals surface area contributed by atoms with Gasteiger partial charge in [0.2, 0.25) is 0 Å². The Hall–Kier alpha value is -3.73. The molecular weight excluding hydrogens is 340 g/mol. The minimum Gasteiger partial charge on any atom is -0.312 e. The Labute approximate surface area is 156 Å². The Balaban J connectivity index is 1.69. The van der Waals surface area contributed by atoms with Gasteiger partial charge in [-0.15, -0.1) is 0 Å². The topological polar surface area (TPSA) is 59.0 Å². The fraction of sp³-hybridized carbons (Fsp3) is 0.0455. The van der Waals surface area contributed by atoms with Crippen molar-refractivity contribution < 1.29 is 14.4 Å². The van der Waals surface area contributed by atoms with E-state index < -0.39 is 5.97 Å². The number of nitrogens with zero attached hydrogens (tertiary/aromatic N) is 2. The summed E-state index contributed by atoms with van der Waals surface area (Å²) in [4.78, 5) is 32.0. The van der Waals surface area contributed by atoms with Crippen molar-refractivity contribution in [1.29, 1.82) is 0 Å². The molecule has 0 unspecified atom stereocenters. The van der Waals surface area contributed by atoms with Crippen LogP contribution in [0.1, 0.15) is 21.5 Å². The summed E-state index contributed by atoms with van der Waals surface area (Å²) >= 11 is 0. The Morgan fingerprint density at radius 2 is 1.56 bits per heavy atom. The lowest BCUT2D eigenvalue weighted by Crippen LogP contribution is -2.25. The van der Waals surface area contributed by atoms with Crippen LogP contribution in [-0.4, -0.2) is 17.6 Å². The standard InChI is InChI=1S/C22H16N2O3/c1-15-9-5-6-12-17(15)22(26)27-23-20-18-13-7-8-14-19(18)24(21(20)25)16-10-3-2-4-11-16/h2-14H,1H3/b23-20-. The highest BCUT2D eigenvalue weighted by Crippen LogP contribution is 2.35. The van der Waals surface area contributed by atoms with E-state index >= 15 is 0 Å². The van der Waals surface area contributed by atoms with E-state index in [2.05, 4.69) is 5.16 Å². The van der Waals surface area contributed by atoms with E-state index in [0.29, 0.717) is 16.8 Å². The molecule has 5 nitrogen and oxygen atoms in total. The fourth-order valence-electron chi connectivity index (χ4n) is 3.06. The van der Waals surface area contributed by atoms with Crippen molar-refractivity contribution in [2.24, 2.45) is 5.16 Å². The average molecular weight is 356 g/mol. The number of hydrogen-bond donors (Lipinski definition) is 0. The van der Waals surface area contributed by atoms with Gasteiger partial charge in [0, 0.05) is 11.3 Å². The molecule has 0 bridgehead atoms. The number of benzene rings is 3. The lowest BCUT2D eigenvalue weighted by Gasteiger charge is -2.16. The Morgan fingerprint density at radius 3 is 2.33 bits per heavy atom. The summed E-state index contributed by atoms with van der Waals surface area (Å²) in [5.74, 6) is -0.927. The van der Waals surface area contributed by atoms with Crippen LogP contribution in [-0.2, 0) is 9.63 Å². The van der Waals surface area contributed by atoms with Crippen molar-refractivity contribution in [3.63, 3.8) is 0 Å².